The van der Waals surface area contributed by atoms with Gasteiger partial charge in [-0.1, -0.05) is 0 Å². The highest BCUT2D eigenvalue weighted by molar-refractivity contribution is 5.87. The van der Waals surface area contributed by atoms with Gasteiger partial charge in [0.25, 0.3) is 0 Å². The van der Waals surface area contributed by atoms with E-state index in [1.54, 1.807) is 4.90 Å². The Labute approximate surface area is 157 Å². The quantitative estimate of drug-likeness (QED) is 0.729. The number of nitrogens with two attached hydrogens (primary N) is 1. The minimum atomic E-state index is -0.765. The zero-order valence-electron chi connectivity index (χ0n) is 15.5. The molecular weight excluding hydrogens is 352 g/mol. The Morgan fingerprint density at radius 3 is 2.74 bits per heavy atom. The topological polar surface area (TPSA) is 128 Å². The van der Waals surface area contributed by atoms with Crippen molar-refractivity contribution in [1.29, 1.82) is 0 Å². The van der Waals surface area contributed by atoms with Crippen molar-refractivity contribution >= 4 is 17.7 Å². The van der Waals surface area contributed by atoms with Gasteiger partial charge in [0, 0.05) is 45.4 Å². The number of nitrogens with one attached hydrogen (secondary N) is 1. The van der Waals surface area contributed by atoms with Crippen LogP contribution in [-0.2, 0) is 32.1 Å². The second-order valence-electron chi connectivity index (χ2n) is 7.08. The molecule has 0 saturated carbocycles. The molecule has 2 aliphatic rings. The number of oxazole rings is 1. The standard InChI is InChI=1S/C18H26N4O5/c1-11(23)20-13(2-3-16(19)24)18(25)22-7-4-15-14(10-22)21-17(27-15)12-5-8-26-9-6-12/h12-13H,2-10H2,1H3,(H2,19,24)(H,20,23)/t13-/m0/s1. The molecule has 3 amide bonds. The summed E-state index contributed by atoms with van der Waals surface area (Å²) in [5.41, 5.74) is 5.95. The molecule has 148 valence electrons. The summed E-state index contributed by atoms with van der Waals surface area (Å²) in [6.07, 6.45) is 2.58. The maximum Gasteiger partial charge on any atom is 0.245 e. The van der Waals surface area contributed by atoms with Crippen molar-refractivity contribution < 1.29 is 23.5 Å². The number of primary amides is 1. The highest BCUT2D eigenvalue weighted by Gasteiger charge is 2.32. The normalized spacial score (nSPS) is 18.6. The number of aromatic nitrogens is 1. The van der Waals surface area contributed by atoms with Gasteiger partial charge >= 0.3 is 0 Å². The van der Waals surface area contributed by atoms with Crippen LogP contribution in [0, 0.1) is 0 Å². The SMILES string of the molecule is CC(=O)N[C@@H](CCC(N)=O)C(=O)N1CCc2oc(C3CCOCC3)nc2C1. The van der Waals surface area contributed by atoms with Crippen LogP contribution in [-0.4, -0.2) is 53.4 Å². The van der Waals surface area contributed by atoms with E-state index >= 15 is 0 Å². The summed E-state index contributed by atoms with van der Waals surface area (Å²) >= 11 is 0. The van der Waals surface area contributed by atoms with E-state index in [2.05, 4.69) is 10.3 Å². The highest BCUT2D eigenvalue weighted by Crippen LogP contribution is 2.30. The smallest absolute Gasteiger partial charge is 0.245 e. The molecule has 27 heavy (non-hydrogen) atoms. The summed E-state index contributed by atoms with van der Waals surface area (Å²) < 4.78 is 11.3. The van der Waals surface area contributed by atoms with E-state index in [1.807, 2.05) is 0 Å². The van der Waals surface area contributed by atoms with Crippen LogP contribution >= 0.6 is 0 Å². The number of carbonyl (C=O) groups is 3. The summed E-state index contributed by atoms with van der Waals surface area (Å²) in [7, 11) is 0. The van der Waals surface area contributed by atoms with Crippen molar-refractivity contribution in [2.75, 3.05) is 19.8 Å². The lowest BCUT2D eigenvalue weighted by Gasteiger charge is -2.29. The molecule has 9 heteroatoms. The Morgan fingerprint density at radius 1 is 1.33 bits per heavy atom. The highest BCUT2D eigenvalue weighted by atomic mass is 16.5. The maximum atomic E-state index is 12.8. The first-order valence-corrected chi connectivity index (χ1v) is 9.34. The molecule has 2 aliphatic heterocycles. The Morgan fingerprint density at radius 2 is 2.07 bits per heavy atom. The summed E-state index contributed by atoms with van der Waals surface area (Å²) in [6.45, 7) is 3.59. The van der Waals surface area contributed by atoms with Gasteiger partial charge in [0.1, 0.15) is 17.5 Å². The van der Waals surface area contributed by atoms with Crippen LogP contribution in [0.25, 0.3) is 0 Å². The molecule has 0 bridgehead atoms. The number of nitrogens with zero attached hydrogens (tertiary/aromatic N) is 2. The number of rotatable bonds is 6. The number of amides is 3. The molecule has 0 spiro atoms. The van der Waals surface area contributed by atoms with Crippen LogP contribution in [0.2, 0.25) is 0 Å². The third kappa shape index (κ3) is 4.85. The summed E-state index contributed by atoms with van der Waals surface area (Å²) in [5.74, 6) is 0.762. The monoisotopic (exact) mass is 378 g/mol. The molecule has 9 nitrogen and oxygen atoms in total. The summed E-state index contributed by atoms with van der Waals surface area (Å²) in [4.78, 5) is 41.6. The van der Waals surface area contributed by atoms with Crippen molar-refractivity contribution in [2.24, 2.45) is 5.73 Å². The van der Waals surface area contributed by atoms with E-state index in [9.17, 15) is 14.4 Å². The van der Waals surface area contributed by atoms with E-state index in [1.165, 1.54) is 6.92 Å². The fourth-order valence-corrected chi connectivity index (χ4v) is 3.54. The molecule has 3 heterocycles. The zero-order valence-corrected chi connectivity index (χ0v) is 15.5. The second-order valence-corrected chi connectivity index (χ2v) is 7.08. The predicted octanol–water partition coefficient (Wildman–Crippen LogP) is 0.224. The van der Waals surface area contributed by atoms with Gasteiger partial charge in [-0.05, 0) is 19.3 Å². The molecule has 1 atom stereocenters. The van der Waals surface area contributed by atoms with Crippen molar-refractivity contribution in [3.8, 4) is 0 Å². The molecule has 1 aromatic rings. The van der Waals surface area contributed by atoms with E-state index in [0.29, 0.717) is 32.7 Å². The fraction of sp³-hybridized carbons (Fsp3) is 0.667. The first-order valence-electron chi connectivity index (χ1n) is 9.34. The number of hydrogen-bond acceptors (Lipinski definition) is 6. The molecule has 3 rings (SSSR count). The molecule has 0 aliphatic carbocycles. The zero-order chi connectivity index (χ0) is 19.4. The van der Waals surface area contributed by atoms with E-state index in [0.717, 1.165) is 30.2 Å². The molecule has 1 fully saturated rings. The average Bonchev–Trinajstić information content (AvgIpc) is 3.08. The number of hydrogen-bond donors (Lipinski definition) is 2. The first-order chi connectivity index (χ1) is 12.9. The molecular formula is C18H26N4O5. The number of carbonyl (C=O) groups excluding carboxylic acids is 3. The fourth-order valence-electron chi connectivity index (χ4n) is 3.54. The van der Waals surface area contributed by atoms with Gasteiger partial charge < -0.3 is 25.1 Å². The van der Waals surface area contributed by atoms with E-state index < -0.39 is 11.9 Å². The Hall–Kier alpha value is -2.42. The molecule has 0 aromatic carbocycles. The third-order valence-electron chi connectivity index (χ3n) is 4.98. The van der Waals surface area contributed by atoms with Gasteiger partial charge in [0.2, 0.25) is 17.7 Å². The lowest BCUT2D eigenvalue weighted by Crippen LogP contribution is -2.49. The van der Waals surface area contributed by atoms with Gasteiger partial charge in [-0.2, -0.15) is 0 Å². The molecule has 1 aromatic heterocycles. The lowest BCUT2D eigenvalue weighted by atomic mass is 10.0. The van der Waals surface area contributed by atoms with Crippen LogP contribution in [0.15, 0.2) is 4.42 Å². The largest absolute Gasteiger partial charge is 0.445 e. The van der Waals surface area contributed by atoms with Crippen LogP contribution in [0.1, 0.15) is 55.9 Å². The van der Waals surface area contributed by atoms with Crippen LogP contribution in [0.4, 0.5) is 0 Å². The molecule has 1 saturated heterocycles. The first kappa shape index (κ1) is 19.3. The summed E-state index contributed by atoms with van der Waals surface area (Å²) in [5, 5.41) is 2.62. The van der Waals surface area contributed by atoms with Gasteiger partial charge in [-0.25, -0.2) is 4.98 Å². The summed E-state index contributed by atoms with van der Waals surface area (Å²) in [6, 6.07) is -0.765. The Kier molecular flexibility index (Phi) is 6.10. The average molecular weight is 378 g/mol. The minimum absolute atomic E-state index is 0.0354. The van der Waals surface area contributed by atoms with Crippen molar-refractivity contribution in [2.45, 2.75) is 57.5 Å². The lowest BCUT2D eigenvalue weighted by molar-refractivity contribution is -0.137. The van der Waals surface area contributed by atoms with E-state index in [-0.39, 0.29) is 30.6 Å². The maximum absolute atomic E-state index is 12.8. The molecule has 3 N–H and O–H groups in total. The van der Waals surface area contributed by atoms with Crippen molar-refractivity contribution in [3.05, 3.63) is 17.3 Å². The van der Waals surface area contributed by atoms with Crippen LogP contribution < -0.4 is 11.1 Å². The van der Waals surface area contributed by atoms with Crippen molar-refractivity contribution in [1.82, 2.24) is 15.2 Å². The van der Waals surface area contributed by atoms with Gasteiger partial charge in [0.05, 0.1) is 6.54 Å². The number of ether oxygens (including phenoxy) is 1. The van der Waals surface area contributed by atoms with Crippen molar-refractivity contribution in [3.63, 3.8) is 0 Å². The minimum Gasteiger partial charge on any atom is -0.445 e. The predicted molar refractivity (Wildman–Crippen MR) is 94.5 cm³/mol. The second kappa shape index (κ2) is 8.51. The van der Waals surface area contributed by atoms with Crippen LogP contribution in [0.5, 0.6) is 0 Å². The van der Waals surface area contributed by atoms with Crippen LogP contribution in [0.3, 0.4) is 0 Å². The Bertz CT molecular complexity index is 711. The molecule has 0 unspecified atom stereocenters. The third-order valence-corrected chi connectivity index (χ3v) is 4.98. The number of fused-ring (bicyclic) bond motifs is 1. The van der Waals surface area contributed by atoms with E-state index in [4.69, 9.17) is 14.9 Å². The Balaban J connectivity index is 1.67. The van der Waals surface area contributed by atoms with Gasteiger partial charge in [0.15, 0.2) is 5.89 Å². The van der Waals surface area contributed by atoms with Gasteiger partial charge in [-0.15, -0.1) is 0 Å². The molecule has 0 radical (unpaired) electrons. The van der Waals surface area contributed by atoms with Gasteiger partial charge in [-0.3, -0.25) is 14.4 Å².